The van der Waals surface area contributed by atoms with E-state index >= 15 is 0 Å². The molecule has 114 valence electrons. The molecule has 2 N–H and O–H groups in total. The minimum Gasteiger partial charge on any atom is -0.493 e. The third-order valence-electron chi connectivity index (χ3n) is 2.83. The number of methoxy groups -OCH3 is 3. The molecule has 0 atom stereocenters. The molecular weight excluding hydrogens is 273 g/mol. The summed E-state index contributed by atoms with van der Waals surface area (Å²) in [7, 11) is 3.76. The van der Waals surface area contributed by atoms with Gasteiger partial charge in [-0.2, -0.15) is 0 Å². The van der Waals surface area contributed by atoms with E-state index in [2.05, 4.69) is 9.96 Å². The van der Waals surface area contributed by atoms with Gasteiger partial charge in [0.25, 0.3) is 0 Å². The van der Waals surface area contributed by atoms with Gasteiger partial charge in [-0.15, -0.1) is 0 Å². The molecule has 0 amide bonds. The Kier molecular flexibility index (Phi) is 6.77. The third-order valence-corrected chi connectivity index (χ3v) is 2.83. The van der Waals surface area contributed by atoms with E-state index in [1.807, 2.05) is 0 Å². The molecule has 0 aromatic heterocycles. The van der Waals surface area contributed by atoms with E-state index in [-0.39, 0.29) is 0 Å². The van der Waals surface area contributed by atoms with Crippen LogP contribution in [0, 0.1) is 0 Å². The van der Waals surface area contributed by atoms with Crippen molar-refractivity contribution in [3.8, 4) is 11.5 Å². The highest BCUT2D eigenvalue weighted by atomic mass is 16.5. The first kappa shape index (κ1) is 17.1. The number of ether oxygens (including phenoxy) is 3. The van der Waals surface area contributed by atoms with Crippen LogP contribution in [0.15, 0.2) is 18.2 Å². The summed E-state index contributed by atoms with van der Waals surface area (Å²) in [5, 5.41) is 12.2. The second kappa shape index (κ2) is 8.33. The Morgan fingerprint density at radius 3 is 2.43 bits per heavy atom. The maximum atomic E-state index is 11.2. The maximum absolute atomic E-state index is 11.2. The molecule has 0 radical (unpaired) electrons. The number of benzene rings is 1. The molecule has 0 bridgehead atoms. The topological polar surface area (TPSA) is 77.0 Å². The van der Waals surface area contributed by atoms with E-state index in [1.165, 1.54) is 13.2 Å². The molecule has 0 saturated carbocycles. The van der Waals surface area contributed by atoms with Crippen molar-refractivity contribution in [3.05, 3.63) is 29.3 Å². The molecule has 1 aromatic carbocycles. The fraction of sp³-hybridized carbons (Fsp3) is 0.357. The molecule has 7 heteroatoms. The van der Waals surface area contributed by atoms with Gasteiger partial charge in [0.1, 0.15) is 0 Å². The standard InChI is InChI=1S/C14H20BNO5/c1-15(18)16-9-11-8-13(20-3)12(19-2)7-10(11)5-6-14(17)21-4/h5-8,16,18H,9H2,1-4H3. The number of hydrogen-bond acceptors (Lipinski definition) is 6. The number of carbonyl (C=O) groups is 1. The first-order valence-electron chi connectivity index (χ1n) is 6.44. The van der Waals surface area contributed by atoms with Gasteiger partial charge in [0.15, 0.2) is 11.5 Å². The number of carbonyl (C=O) groups excluding carboxylic acids is 1. The highest BCUT2D eigenvalue weighted by molar-refractivity contribution is 6.45. The molecule has 1 rings (SSSR count). The lowest BCUT2D eigenvalue weighted by molar-refractivity contribution is -0.134. The SMILES string of the molecule is COC(=O)C=Cc1cc(OC)c(OC)cc1CNB(C)O. The van der Waals surface area contributed by atoms with Crippen LogP contribution in [0.4, 0.5) is 0 Å². The number of nitrogens with one attached hydrogen (secondary N) is 1. The minimum absolute atomic E-state index is 0.416. The predicted octanol–water partition coefficient (Wildman–Crippen LogP) is 1.09. The Labute approximate surface area is 124 Å². The summed E-state index contributed by atoms with van der Waals surface area (Å²) in [5.74, 6) is 0.692. The average molecular weight is 293 g/mol. The predicted molar refractivity (Wildman–Crippen MR) is 81.3 cm³/mol. The molecular formula is C14H20BNO5. The van der Waals surface area contributed by atoms with E-state index in [0.29, 0.717) is 18.0 Å². The molecule has 21 heavy (non-hydrogen) atoms. The lowest BCUT2D eigenvalue weighted by Crippen LogP contribution is -2.30. The summed E-state index contributed by atoms with van der Waals surface area (Å²) >= 11 is 0. The van der Waals surface area contributed by atoms with Crippen molar-refractivity contribution in [2.24, 2.45) is 0 Å². The van der Waals surface area contributed by atoms with Gasteiger partial charge in [0.2, 0.25) is 0 Å². The Hall–Kier alpha value is -1.99. The Morgan fingerprint density at radius 2 is 1.90 bits per heavy atom. The average Bonchev–Trinajstić information content (AvgIpc) is 2.49. The minimum atomic E-state index is -0.643. The van der Waals surface area contributed by atoms with Crippen LogP contribution in [-0.4, -0.2) is 39.4 Å². The fourth-order valence-corrected chi connectivity index (χ4v) is 1.73. The largest absolute Gasteiger partial charge is 0.493 e. The highest BCUT2D eigenvalue weighted by Crippen LogP contribution is 2.31. The quantitative estimate of drug-likeness (QED) is 0.445. The molecule has 0 unspecified atom stereocenters. The Balaban J connectivity index is 3.16. The summed E-state index contributed by atoms with van der Waals surface area (Å²) in [4.78, 5) is 11.2. The van der Waals surface area contributed by atoms with Crippen molar-refractivity contribution in [2.45, 2.75) is 13.4 Å². The summed E-state index contributed by atoms with van der Waals surface area (Å²) in [6.45, 7) is 2.05. The molecule has 0 aliphatic heterocycles. The van der Waals surface area contributed by atoms with E-state index in [1.54, 1.807) is 39.3 Å². The van der Waals surface area contributed by atoms with Crippen LogP contribution < -0.4 is 14.7 Å². The molecule has 0 fully saturated rings. The van der Waals surface area contributed by atoms with Gasteiger partial charge in [-0.1, -0.05) is 0 Å². The summed E-state index contributed by atoms with van der Waals surface area (Å²) in [5.41, 5.74) is 1.62. The van der Waals surface area contributed by atoms with Gasteiger partial charge in [-0.05, 0) is 36.2 Å². The monoisotopic (exact) mass is 293 g/mol. The van der Waals surface area contributed by atoms with Gasteiger partial charge < -0.3 is 24.5 Å². The normalized spacial score (nSPS) is 10.5. The van der Waals surface area contributed by atoms with Crippen molar-refractivity contribution in [2.75, 3.05) is 21.3 Å². The number of hydrogen-bond donors (Lipinski definition) is 2. The van der Waals surface area contributed by atoms with Crippen LogP contribution >= 0.6 is 0 Å². The third kappa shape index (κ3) is 5.13. The van der Waals surface area contributed by atoms with Gasteiger partial charge in [0, 0.05) is 12.6 Å². The molecule has 6 nitrogen and oxygen atoms in total. The lowest BCUT2D eigenvalue weighted by Gasteiger charge is -2.14. The van der Waals surface area contributed by atoms with Gasteiger partial charge in [0.05, 0.1) is 21.3 Å². The van der Waals surface area contributed by atoms with Crippen LogP contribution in [0.2, 0.25) is 6.82 Å². The summed E-state index contributed by atoms with van der Waals surface area (Å²) < 4.78 is 15.1. The van der Waals surface area contributed by atoms with Crippen molar-refractivity contribution in [1.82, 2.24) is 5.23 Å². The Bertz CT molecular complexity index is 516. The molecule has 1 aromatic rings. The first-order valence-corrected chi connectivity index (χ1v) is 6.44. The molecule has 0 aliphatic carbocycles. The zero-order chi connectivity index (χ0) is 15.8. The van der Waals surface area contributed by atoms with Crippen molar-refractivity contribution < 1.29 is 24.0 Å². The van der Waals surface area contributed by atoms with Gasteiger partial charge in [-0.3, -0.25) is 0 Å². The van der Waals surface area contributed by atoms with Crippen LogP contribution in [0.3, 0.4) is 0 Å². The van der Waals surface area contributed by atoms with E-state index in [9.17, 15) is 9.82 Å². The van der Waals surface area contributed by atoms with Crippen LogP contribution in [0.1, 0.15) is 11.1 Å². The van der Waals surface area contributed by atoms with Crippen molar-refractivity contribution in [1.29, 1.82) is 0 Å². The fourth-order valence-electron chi connectivity index (χ4n) is 1.73. The van der Waals surface area contributed by atoms with Crippen LogP contribution in [-0.2, 0) is 16.1 Å². The van der Waals surface area contributed by atoms with Crippen LogP contribution in [0.5, 0.6) is 11.5 Å². The molecule has 0 spiro atoms. The lowest BCUT2D eigenvalue weighted by atomic mass is 9.88. The maximum Gasteiger partial charge on any atom is 0.373 e. The smallest absolute Gasteiger partial charge is 0.373 e. The summed E-state index contributed by atoms with van der Waals surface area (Å²) in [6.07, 6.45) is 2.96. The van der Waals surface area contributed by atoms with Crippen molar-refractivity contribution in [3.63, 3.8) is 0 Å². The molecule has 0 aliphatic rings. The van der Waals surface area contributed by atoms with Crippen LogP contribution in [0.25, 0.3) is 6.08 Å². The van der Waals surface area contributed by atoms with E-state index < -0.39 is 13.0 Å². The zero-order valence-electron chi connectivity index (χ0n) is 12.7. The first-order chi connectivity index (χ1) is 10.0. The zero-order valence-corrected chi connectivity index (χ0v) is 12.7. The number of rotatable bonds is 7. The van der Waals surface area contributed by atoms with Gasteiger partial charge >= 0.3 is 13.0 Å². The number of esters is 1. The van der Waals surface area contributed by atoms with E-state index in [4.69, 9.17) is 9.47 Å². The van der Waals surface area contributed by atoms with Crippen molar-refractivity contribution >= 4 is 19.1 Å². The summed E-state index contributed by atoms with van der Waals surface area (Å²) in [6, 6.07) is 3.56. The highest BCUT2D eigenvalue weighted by Gasteiger charge is 2.11. The van der Waals surface area contributed by atoms with Gasteiger partial charge in [-0.25, -0.2) is 4.79 Å². The second-order valence-corrected chi connectivity index (χ2v) is 4.32. The van der Waals surface area contributed by atoms with E-state index in [0.717, 1.165) is 11.1 Å². The second-order valence-electron chi connectivity index (χ2n) is 4.32. The molecule has 0 heterocycles. The Morgan fingerprint density at radius 1 is 1.29 bits per heavy atom. The molecule has 0 saturated heterocycles.